The van der Waals surface area contributed by atoms with E-state index in [2.05, 4.69) is 5.10 Å². The van der Waals surface area contributed by atoms with Crippen molar-refractivity contribution >= 4 is 5.91 Å². The summed E-state index contributed by atoms with van der Waals surface area (Å²) in [7, 11) is 3.41. The normalized spacial score (nSPS) is 10.4. The second kappa shape index (κ2) is 8.89. The van der Waals surface area contributed by atoms with Crippen LogP contribution in [-0.2, 0) is 11.3 Å². The van der Waals surface area contributed by atoms with Crippen molar-refractivity contribution in [3.63, 3.8) is 0 Å². The Morgan fingerprint density at radius 1 is 1.07 bits per heavy atom. The van der Waals surface area contributed by atoms with Gasteiger partial charge in [-0.1, -0.05) is 18.2 Å². The molecule has 1 amide bonds. The highest BCUT2D eigenvalue weighted by Crippen LogP contribution is 2.17. The molecule has 0 saturated heterocycles. The lowest BCUT2D eigenvalue weighted by Gasteiger charge is -2.16. The van der Waals surface area contributed by atoms with Gasteiger partial charge in [0.05, 0.1) is 32.0 Å². The van der Waals surface area contributed by atoms with Crippen LogP contribution in [0.1, 0.15) is 12.0 Å². The number of carbonyl (C=O) groups is 1. The number of hydrogen-bond donors (Lipinski definition) is 0. The summed E-state index contributed by atoms with van der Waals surface area (Å²) in [6, 6.07) is 17.2. The Bertz CT molecular complexity index is 860. The molecule has 2 aromatic carbocycles. The van der Waals surface area contributed by atoms with Crippen molar-refractivity contribution in [3.8, 4) is 17.2 Å². The zero-order valence-corrected chi connectivity index (χ0v) is 15.5. The molecule has 3 aromatic rings. The summed E-state index contributed by atoms with van der Waals surface area (Å²) in [6.45, 7) is 0.840. The minimum absolute atomic E-state index is 0.0240. The average Bonchev–Trinajstić information content (AvgIpc) is 3.17. The predicted octanol–water partition coefficient (Wildman–Crippen LogP) is 3.31. The monoisotopic (exact) mass is 365 g/mol. The van der Waals surface area contributed by atoms with Crippen LogP contribution in [0.2, 0.25) is 0 Å². The first-order chi connectivity index (χ1) is 13.2. The van der Waals surface area contributed by atoms with Gasteiger partial charge in [-0.25, -0.2) is 4.68 Å². The Morgan fingerprint density at radius 3 is 2.48 bits per heavy atom. The van der Waals surface area contributed by atoms with E-state index >= 15 is 0 Å². The third-order valence-electron chi connectivity index (χ3n) is 4.15. The van der Waals surface area contributed by atoms with Crippen LogP contribution >= 0.6 is 0 Å². The summed E-state index contributed by atoms with van der Waals surface area (Å²) in [5, 5.41) is 4.36. The molecule has 1 heterocycles. The quantitative estimate of drug-likeness (QED) is 0.615. The Balaban J connectivity index is 1.47. The fraction of sp³-hybridized carbons (Fsp3) is 0.238. The zero-order chi connectivity index (χ0) is 19.1. The maximum atomic E-state index is 12.3. The Hall–Kier alpha value is -3.28. The standard InChI is InChI=1S/C21H23N3O3/c1-23(15-17-14-22-24(16-17)18-6-4-3-5-7-18)21(25)12-13-27-20-10-8-19(26-2)9-11-20/h3-11,14,16H,12-13,15H2,1-2H3. The summed E-state index contributed by atoms with van der Waals surface area (Å²) in [4.78, 5) is 14.0. The molecular weight excluding hydrogens is 342 g/mol. The van der Waals surface area contributed by atoms with Crippen LogP contribution in [0, 0.1) is 0 Å². The van der Waals surface area contributed by atoms with Crippen molar-refractivity contribution < 1.29 is 14.3 Å². The van der Waals surface area contributed by atoms with E-state index in [-0.39, 0.29) is 5.91 Å². The molecule has 1 aromatic heterocycles. The lowest BCUT2D eigenvalue weighted by Crippen LogP contribution is -2.27. The van der Waals surface area contributed by atoms with Crippen LogP contribution in [0.5, 0.6) is 11.5 Å². The summed E-state index contributed by atoms with van der Waals surface area (Å²) in [5.74, 6) is 1.51. The predicted molar refractivity (Wildman–Crippen MR) is 103 cm³/mol. The zero-order valence-electron chi connectivity index (χ0n) is 15.5. The Labute approximate surface area is 158 Å². The van der Waals surface area contributed by atoms with Gasteiger partial charge in [-0.15, -0.1) is 0 Å². The highest BCUT2D eigenvalue weighted by atomic mass is 16.5. The summed E-state index contributed by atoms with van der Waals surface area (Å²) < 4.78 is 12.5. The van der Waals surface area contributed by atoms with Crippen LogP contribution in [0.3, 0.4) is 0 Å². The van der Waals surface area contributed by atoms with Crippen molar-refractivity contribution in [2.24, 2.45) is 0 Å². The lowest BCUT2D eigenvalue weighted by molar-refractivity contribution is -0.130. The summed E-state index contributed by atoms with van der Waals surface area (Å²) >= 11 is 0. The average molecular weight is 365 g/mol. The van der Waals surface area contributed by atoms with Crippen LogP contribution in [-0.4, -0.2) is 41.4 Å². The van der Waals surface area contributed by atoms with Gasteiger partial charge in [0.1, 0.15) is 11.5 Å². The van der Waals surface area contributed by atoms with Crippen LogP contribution in [0.4, 0.5) is 0 Å². The van der Waals surface area contributed by atoms with Crippen molar-refractivity contribution in [1.29, 1.82) is 0 Å². The van der Waals surface area contributed by atoms with E-state index in [0.29, 0.717) is 19.6 Å². The third kappa shape index (κ3) is 5.10. The molecule has 6 heteroatoms. The number of rotatable bonds is 8. The SMILES string of the molecule is COc1ccc(OCCC(=O)N(C)Cc2cnn(-c3ccccc3)c2)cc1. The minimum atomic E-state index is 0.0240. The maximum absolute atomic E-state index is 12.3. The molecule has 27 heavy (non-hydrogen) atoms. The number of methoxy groups -OCH3 is 1. The molecule has 0 aliphatic heterocycles. The number of ether oxygens (including phenoxy) is 2. The summed E-state index contributed by atoms with van der Waals surface area (Å²) in [6.07, 6.45) is 4.03. The Morgan fingerprint density at radius 2 is 1.78 bits per heavy atom. The molecule has 140 valence electrons. The van der Waals surface area contributed by atoms with Gasteiger partial charge in [-0.3, -0.25) is 4.79 Å². The van der Waals surface area contributed by atoms with Gasteiger partial charge in [0.15, 0.2) is 0 Å². The lowest BCUT2D eigenvalue weighted by atomic mass is 10.3. The molecule has 0 saturated carbocycles. The molecule has 0 atom stereocenters. The second-order valence-corrected chi connectivity index (χ2v) is 6.15. The number of carbonyl (C=O) groups excluding carboxylic acids is 1. The van der Waals surface area contributed by atoms with Crippen LogP contribution in [0.15, 0.2) is 67.0 Å². The maximum Gasteiger partial charge on any atom is 0.226 e. The molecule has 0 unspecified atom stereocenters. The molecule has 0 fully saturated rings. The van der Waals surface area contributed by atoms with Gasteiger partial charge in [0.2, 0.25) is 5.91 Å². The first-order valence-electron chi connectivity index (χ1n) is 8.75. The molecule has 0 aliphatic carbocycles. The molecule has 6 nitrogen and oxygen atoms in total. The van der Waals surface area contributed by atoms with Gasteiger partial charge in [-0.05, 0) is 36.4 Å². The molecule has 0 bridgehead atoms. The van der Waals surface area contributed by atoms with Crippen LogP contribution in [0.25, 0.3) is 5.69 Å². The third-order valence-corrected chi connectivity index (χ3v) is 4.15. The minimum Gasteiger partial charge on any atom is -0.497 e. The Kier molecular flexibility index (Phi) is 6.10. The first-order valence-corrected chi connectivity index (χ1v) is 8.75. The fourth-order valence-electron chi connectivity index (χ4n) is 2.64. The van der Waals surface area contributed by atoms with Crippen molar-refractivity contribution in [2.75, 3.05) is 20.8 Å². The second-order valence-electron chi connectivity index (χ2n) is 6.15. The van der Waals surface area contributed by atoms with Crippen molar-refractivity contribution in [1.82, 2.24) is 14.7 Å². The number of para-hydroxylation sites is 1. The summed E-state index contributed by atoms with van der Waals surface area (Å²) in [5.41, 5.74) is 1.97. The molecule has 3 rings (SSSR count). The molecule has 0 spiro atoms. The van der Waals surface area contributed by atoms with E-state index in [4.69, 9.17) is 9.47 Å². The number of benzene rings is 2. The van der Waals surface area contributed by atoms with E-state index in [1.165, 1.54) is 0 Å². The van der Waals surface area contributed by atoms with E-state index in [1.807, 2.05) is 60.8 Å². The number of amides is 1. The van der Waals surface area contributed by atoms with Gasteiger partial charge in [0.25, 0.3) is 0 Å². The number of aromatic nitrogens is 2. The molecule has 0 N–H and O–H groups in total. The van der Waals surface area contributed by atoms with Crippen LogP contribution < -0.4 is 9.47 Å². The largest absolute Gasteiger partial charge is 0.497 e. The van der Waals surface area contributed by atoms with Gasteiger partial charge < -0.3 is 14.4 Å². The van der Waals surface area contributed by atoms with Gasteiger partial charge in [-0.2, -0.15) is 5.10 Å². The van der Waals surface area contributed by atoms with E-state index in [9.17, 15) is 4.79 Å². The highest BCUT2D eigenvalue weighted by Gasteiger charge is 2.11. The van der Waals surface area contributed by atoms with Crippen molar-refractivity contribution in [3.05, 3.63) is 72.6 Å². The van der Waals surface area contributed by atoms with E-state index in [0.717, 1.165) is 22.7 Å². The molecule has 0 radical (unpaired) electrons. The van der Waals surface area contributed by atoms with E-state index < -0.39 is 0 Å². The highest BCUT2D eigenvalue weighted by molar-refractivity contribution is 5.76. The van der Waals surface area contributed by atoms with Gasteiger partial charge in [0, 0.05) is 25.4 Å². The molecular formula is C21H23N3O3. The van der Waals surface area contributed by atoms with E-state index in [1.54, 1.807) is 29.9 Å². The van der Waals surface area contributed by atoms with Gasteiger partial charge >= 0.3 is 0 Å². The molecule has 0 aliphatic rings. The topological polar surface area (TPSA) is 56.6 Å². The smallest absolute Gasteiger partial charge is 0.226 e. The number of hydrogen-bond acceptors (Lipinski definition) is 4. The first kappa shape index (κ1) is 18.5. The fourth-order valence-corrected chi connectivity index (χ4v) is 2.64. The van der Waals surface area contributed by atoms with Crippen molar-refractivity contribution in [2.45, 2.75) is 13.0 Å². The number of nitrogens with zero attached hydrogens (tertiary/aromatic N) is 3.